The Balaban J connectivity index is 1.78. The van der Waals surface area contributed by atoms with Crippen molar-refractivity contribution >= 4 is 11.9 Å². The molecule has 0 aromatic carbocycles. The molecule has 0 radical (unpaired) electrons. The van der Waals surface area contributed by atoms with Crippen LogP contribution in [0.3, 0.4) is 0 Å². The molecule has 1 N–H and O–H groups in total. The lowest BCUT2D eigenvalue weighted by Gasteiger charge is -2.33. The van der Waals surface area contributed by atoms with Gasteiger partial charge in [-0.05, 0) is 45.1 Å². The smallest absolute Gasteiger partial charge is 0.242 e. The number of fused-ring (bicyclic) bond motifs is 1. The van der Waals surface area contributed by atoms with E-state index in [1.165, 1.54) is 19.3 Å². The SMILES string of the molecule is COC(C)(C)CNC(=O)[C@@H]1C[C@H]2CCCC[C@H]2N1c1ncccn1. The maximum absolute atomic E-state index is 12.9. The van der Waals surface area contributed by atoms with Crippen LogP contribution in [-0.4, -0.2) is 47.2 Å². The standard InChI is InChI=1S/C18H28N4O2/c1-18(2,24-3)12-21-16(23)15-11-13-7-4-5-8-14(13)22(15)17-19-9-6-10-20-17/h6,9-10,13-15H,4-5,7-8,11-12H2,1-3H3,(H,21,23)/t13-,14-,15+/m1/s1. The number of hydrogen-bond donors (Lipinski definition) is 1. The van der Waals surface area contributed by atoms with Crippen LogP contribution in [-0.2, 0) is 9.53 Å². The quantitative estimate of drug-likeness (QED) is 0.895. The first kappa shape index (κ1) is 17.1. The van der Waals surface area contributed by atoms with Gasteiger partial charge in [0.2, 0.25) is 11.9 Å². The first-order chi connectivity index (χ1) is 11.5. The Morgan fingerprint density at radius 2 is 2.04 bits per heavy atom. The van der Waals surface area contributed by atoms with Crippen LogP contribution in [0, 0.1) is 5.92 Å². The predicted molar refractivity (Wildman–Crippen MR) is 92.8 cm³/mol. The van der Waals surface area contributed by atoms with Crippen LogP contribution in [0.25, 0.3) is 0 Å². The fourth-order valence-corrected chi connectivity index (χ4v) is 3.90. The van der Waals surface area contributed by atoms with Gasteiger partial charge in [-0.25, -0.2) is 9.97 Å². The van der Waals surface area contributed by atoms with Crippen LogP contribution in [0.15, 0.2) is 18.5 Å². The molecule has 1 aromatic heterocycles. The van der Waals surface area contributed by atoms with E-state index < -0.39 is 0 Å². The van der Waals surface area contributed by atoms with E-state index in [2.05, 4.69) is 20.2 Å². The Morgan fingerprint density at radius 3 is 2.75 bits per heavy atom. The van der Waals surface area contributed by atoms with Gasteiger partial charge in [0.1, 0.15) is 6.04 Å². The Hall–Kier alpha value is -1.69. The van der Waals surface area contributed by atoms with Crippen molar-refractivity contribution in [1.29, 1.82) is 0 Å². The van der Waals surface area contributed by atoms with Crippen LogP contribution < -0.4 is 10.2 Å². The van der Waals surface area contributed by atoms with Crippen molar-refractivity contribution in [3.8, 4) is 0 Å². The number of methoxy groups -OCH3 is 1. The van der Waals surface area contributed by atoms with Crippen molar-refractivity contribution in [2.24, 2.45) is 5.92 Å². The zero-order valence-electron chi connectivity index (χ0n) is 14.9. The summed E-state index contributed by atoms with van der Waals surface area (Å²) in [6, 6.07) is 2.01. The first-order valence-corrected chi connectivity index (χ1v) is 8.90. The van der Waals surface area contributed by atoms with Gasteiger partial charge in [0.25, 0.3) is 0 Å². The molecule has 6 heteroatoms. The van der Waals surface area contributed by atoms with Crippen molar-refractivity contribution in [1.82, 2.24) is 15.3 Å². The molecule has 2 heterocycles. The number of hydrogen-bond acceptors (Lipinski definition) is 5. The molecule has 1 saturated carbocycles. The van der Waals surface area contributed by atoms with Crippen molar-refractivity contribution in [3.05, 3.63) is 18.5 Å². The topological polar surface area (TPSA) is 67.3 Å². The highest BCUT2D eigenvalue weighted by atomic mass is 16.5. The number of amides is 1. The third-order valence-electron chi connectivity index (χ3n) is 5.41. The molecule has 0 bridgehead atoms. The maximum Gasteiger partial charge on any atom is 0.242 e. The first-order valence-electron chi connectivity index (χ1n) is 8.90. The van der Waals surface area contributed by atoms with E-state index in [0.29, 0.717) is 24.5 Å². The summed E-state index contributed by atoms with van der Waals surface area (Å²) in [6.45, 7) is 4.44. The minimum absolute atomic E-state index is 0.0574. The highest BCUT2D eigenvalue weighted by Gasteiger charge is 2.46. The zero-order valence-corrected chi connectivity index (χ0v) is 14.9. The average Bonchev–Trinajstić information content (AvgIpc) is 3.00. The van der Waals surface area contributed by atoms with Crippen molar-refractivity contribution in [3.63, 3.8) is 0 Å². The Morgan fingerprint density at radius 1 is 1.33 bits per heavy atom. The molecule has 1 aliphatic heterocycles. The Labute approximate surface area is 144 Å². The fraction of sp³-hybridized carbons (Fsp3) is 0.722. The van der Waals surface area contributed by atoms with Gasteiger partial charge in [-0.2, -0.15) is 0 Å². The number of ether oxygens (including phenoxy) is 1. The van der Waals surface area contributed by atoms with Gasteiger partial charge in [-0.3, -0.25) is 4.79 Å². The van der Waals surface area contributed by atoms with E-state index in [1.807, 2.05) is 19.9 Å². The number of rotatable bonds is 5. The molecule has 0 unspecified atom stereocenters. The molecule has 2 aliphatic rings. The normalized spacial score (nSPS) is 27.0. The summed E-state index contributed by atoms with van der Waals surface area (Å²) in [5, 5.41) is 3.06. The molecule has 2 fully saturated rings. The zero-order chi connectivity index (χ0) is 17.2. The van der Waals surface area contributed by atoms with Crippen molar-refractivity contribution < 1.29 is 9.53 Å². The molecule has 1 amide bonds. The Kier molecular flexibility index (Phi) is 5.04. The monoisotopic (exact) mass is 332 g/mol. The number of carbonyl (C=O) groups is 1. The third kappa shape index (κ3) is 3.53. The molecule has 3 rings (SSSR count). The number of aromatic nitrogens is 2. The molecule has 1 aromatic rings. The lowest BCUT2D eigenvalue weighted by Crippen LogP contribution is -2.50. The van der Waals surface area contributed by atoms with Gasteiger partial charge in [0.15, 0.2) is 0 Å². The number of nitrogens with one attached hydrogen (secondary N) is 1. The van der Waals surface area contributed by atoms with Gasteiger partial charge in [-0.15, -0.1) is 0 Å². The van der Waals surface area contributed by atoms with Crippen molar-refractivity contribution in [2.75, 3.05) is 18.6 Å². The summed E-state index contributed by atoms with van der Waals surface area (Å²) >= 11 is 0. The van der Waals surface area contributed by atoms with Crippen LogP contribution in [0.4, 0.5) is 5.95 Å². The second-order valence-corrected chi connectivity index (χ2v) is 7.50. The minimum Gasteiger partial charge on any atom is -0.377 e. The van der Waals surface area contributed by atoms with Crippen LogP contribution in [0.1, 0.15) is 46.0 Å². The molecular weight excluding hydrogens is 304 g/mol. The molecule has 1 saturated heterocycles. The van der Waals surface area contributed by atoms with E-state index in [0.717, 1.165) is 12.8 Å². The van der Waals surface area contributed by atoms with E-state index in [4.69, 9.17) is 4.74 Å². The molecule has 24 heavy (non-hydrogen) atoms. The summed E-state index contributed by atoms with van der Waals surface area (Å²) in [4.78, 5) is 23.9. The van der Waals surface area contributed by atoms with Crippen LogP contribution >= 0.6 is 0 Å². The number of nitrogens with zero attached hydrogens (tertiary/aromatic N) is 3. The lowest BCUT2D eigenvalue weighted by atomic mass is 9.85. The molecule has 0 spiro atoms. The van der Waals surface area contributed by atoms with Crippen LogP contribution in [0.2, 0.25) is 0 Å². The fourth-order valence-electron chi connectivity index (χ4n) is 3.90. The van der Waals surface area contributed by atoms with E-state index in [9.17, 15) is 4.79 Å². The van der Waals surface area contributed by atoms with Gasteiger partial charge in [0.05, 0.1) is 5.60 Å². The predicted octanol–water partition coefficient (Wildman–Crippen LogP) is 2.16. The van der Waals surface area contributed by atoms with E-state index in [-0.39, 0.29) is 17.6 Å². The number of carbonyl (C=O) groups excluding carboxylic acids is 1. The largest absolute Gasteiger partial charge is 0.377 e. The Bertz CT molecular complexity index is 563. The second-order valence-electron chi connectivity index (χ2n) is 7.50. The molecule has 6 nitrogen and oxygen atoms in total. The van der Waals surface area contributed by atoms with E-state index >= 15 is 0 Å². The maximum atomic E-state index is 12.9. The van der Waals surface area contributed by atoms with Gasteiger partial charge in [-0.1, -0.05) is 12.8 Å². The summed E-state index contributed by atoms with van der Waals surface area (Å²) in [7, 11) is 1.67. The summed E-state index contributed by atoms with van der Waals surface area (Å²) < 4.78 is 5.40. The summed E-state index contributed by atoms with van der Waals surface area (Å²) in [5.41, 5.74) is -0.366. The van der Waals surface area contributed by atoms with Gasteiger partial charge < -0.3 is 15.0 Å². The highest BCUT2D eigenvalue weighted by molar-refractivity contribution is 5.85. The average molecular weight is 332 g/mol. The van der Waals surface area contributed by atoms with Gasteiger partial charge in [0, 0.05) is 32.1 Å². The van der Waals surface area contributed by atoms with Crippen molar-refractivity contribution in [2.45, 2.75) is 63.6 Å². The molecule has 1 aliphatic carbocycles. The highest BCUT2D eigenvalue weighted by Crippen LogP contribution is 2.41. The molecule has 132 valence electrons. The third-order valence-corrected chi connectivity index (χ3v) is 5.41. The number of anilines is 1. The lowest BCUT2D eigenvalue weighted by molar-refractivity contribution is -0.123. The summed E-state index contributed by atoms with van der Waals surface area (Å²) in [6.07, 6.45) is 9.19. The molecule has 3 atom stereocenters. The van der Waals surface area contributed by atoms with E-state index in [1.54, 1.807) is 19.5 Å². The minimum atomic E-state index is -0.366. The van der Waals surface area contributed by atoms with Crippen LogP contribution in [0.5, 0.6) is 0 Å². The molecular formula is C18H28N4O2. The summed E-state index contributed by atoms with van der Waals surface area (Å²) in [5.74, 6) is 1.30. The van der Waals surface area contributed by atoms with Gasteiger partial charge >= 0.3 is 0 Å². The second kappa shape index (κ2) is 7.05.